The summed E-state index contributed by atoms with van der Waals surface area (Å²) in [6, 6.07) is 5.33. The molecule has 0 spiro atoms. The van der Waals surface area contributed by atoms with Crippen LogP contribution in [0.1, 0.15) is 25.8 Å². The number of carboxylic acids is 1. The van der Waals surface area contributed by atoms with Crippen molar-refractivity contribution in [3.05, 3.63) is 23.8 Å². The molecule has 0 aliphatic carbocycles. The second kappa shape index (κ2) is 6.55. The summed E-state index contributed by atoms with van der Waals surface area (Å²) >= 11 is 0. The number of ether oxygens (including phenoxy) is 2. The lowest BCUT2D eigenvalue weighted by atomic mass is 9.84. The number of benzene rings is 1. The molecule has 3 N–H and O–H groups in total. The third-order valence-corrected chi connectivity index (χ3v) is 3.47. The van der Waals surface area contributed by atoms with Gasteiger partial charge < -0.3 is 25.2 Å². The Morgan fingerprint density at radius 2 is 1.95 bits per heavy atom. The number of hydrogen-bond acceptors (Lipinski definition) is 4. The third kappa shape index (κ3) is 4.03. The zero-order valence-corrected chi connectivity index (χ0v) is 12.6. The molecule has 2 amide bonds. The fraction of sp³-hybridized carbons (Fsp3) is 0.467. The van der Waals surface area contributed by atoms with E-state index in [9.17, 15) is 9.59 Å². The molecule has 0 aromatic heterocycles. The van der Waals surface area contributed by atoms with Crippen LogP contribution in [0.5, 0.6) is 11.5 Å². The molecular formula is C15H20N2O5. The van der Waals surface area contributed by atoms with Gasteiger partial charge >= 0.3 is 12.0 Å². The fourth-order valence-corrected chi connectivity index (χ4v) is 2.07. The fourth-order valence-electron chi connectivity index (χ4n) is 2.07. The Kier molecular flexibility index (Phi) is 4.75. The number of fused-ring (bicyclic) bond motifs is 1. The molecule has 1 aromatic carbocycles. The van der Waals surface area contributed by atoms with E-state index in [-0.39, 0.29) is 31.2 Å². The van der Waals surface area contributed by atoms with E-state index in [1.165, 1.54) is 0 Å². The number of hydrogen-bond donors (Lipinski definition) is 3. The molecule has 0 saturated carbocycles. The molecule has 0 saturated heterocycles. The van der Waals surface area contributed by atoms with Gasteiger partial charge in [-0.2, -0.15) is 0 Å². The van der Waals surface area contributed by atoms with Gasteiger partial charge in [0.2, 0.25) is 6.79 Å². The number of urea groups is 1. The van der Waals surface area contributed by atoms with Gasteiger partial charge in [0.1, 0.15) is 0 Å². The number of carbonyl (C=O) groups is 2. The molecule has 22 heavy (non-hydrogen) atoms. The summed E-state index contributed by atoms with van der Waals surface area (Å²) in [5, 5.41) is 13.8. The summed E-state index contributed by atoms with van der Waals surface area (Å²) in [7, 11) is 0. The van der Waals surface area contributed by atoms with Gasteiger partial charge in [-0.25, -0.2) is 4.79 Å². The smallest absolute Gasteiger partial charge is 0.314 e. The summed E-state index contributed by atoms with van der Waals surface area (Å²) in [5.74, 6) is 0.483. The highest BCUT2D eigenvalue weighted by atomic mass is 16.7. The Hall–Kier alpha value is -2.44. The Balaban J connectivity index is 1.88. The van der Waals surface area contributed by atoms with E-state index in [1.807, 2.05) is 32.0 Å². The SMILES string of the molecule is CC(C)(CNC(=O)NCCC(=O)O)c1ccc2c(c1)OCO2. The molecule has 1 aliphatic rings. The summed E-state index contributed by atoms with van der Waals surface area (Å²) in [4.78, 5) is 22.0. The first-order valence-electron chi connectivity index (χ1n) is 7.02. The minimum atomic E-state index is -0.944. The first-order valence-corrected chi connectivity index (χ1v) is 7.02. The predicted molar refractivity (Wildman–Crippen MR) is 79.2 cm³/mol. The first-order chi connectivity index (χ1) is 10.4. The molecule has 0 atom stereocenters. The van der Waals surface area contributed by atoms with E-state index in [4.69, 9.17) is 14.6 Å². The van der Waals surface area contributed by atoms with Crippen molar-refractivity contribution in [1.29, 1.82) is 0 Å². The van der Waals surface area contributed by atoms with Crippen LogP contribution in [0.25, 0.3) is 0 Å². The van der Waals surface area contributed by atoms with Gasteiger partial charge in [-0.3, -0.25) is 4.79 Å². The van der Waals surface area contributed by atoms with E-state index in [1.54, 1.807) is 0 Å². The van der Waals surface area contributed by atoms with E-state index < -0.39 is 5.97 Å². The van der Waals surface area contributed by atoms with Crippen molar-refractivity contribution in [2.45, 2.75) is 25.7 Å². The molecule has 0 fully saturated rings. The first kappa shape index (κ1) is 15.9. The maximum absolute atomic E-state index is 11.6. The number of amides is 2. The molecule has 0 bridgehead atoms. The Morgan fingerprint density at radius 1 is 1.23 bits per heavy atom. The van der Waals surface area contributed by atoms with Gasteiger partial charge in [0, 0.05) is 18.5 Å². The highest BCUT2D eigenvalue weighted by molar-refractivity contribution is 5.75. The summed E-state index contributed by atoms with van der Waals surface area (Å²) in [5.41, 5.74) is 0.716. The highest BCUT2D eigenvalue weighted by Gasteiger charge is 2.24. The van der Waals surface area contributed by atoms with Crippen molar-refractivity contribution in [2.24, 2.45) is 0 Å². The van der Waals surface area contributed by atoms with Gasteiger partial charge in [-0.05, 0) is 17.7 Å². The molecule has 1 heterocycles. The average Bonchev–Trinajstić information content (AvgIpc) is 2.92. The van der Waals surface area contributed by atoms with Crippen LogP contribution in [0.2, 0.25) is 0 Å². The van der Waals surface area contributed by atoms with Gasteiger partial charge in [0.25, 0.3) is 0 Å². The Morgan fingerprint density at radius 3 is 2.68 bits per heavy atom. The Labute approximate surface area is 128 Å². The summed E-state index contributed by atoms with van der Waals surface area (Å²) in [6.45, 7) is 4.74. The van der Waals surface area contributed by atoms with Crippen molar-refractivity contribution in [1.82, 2.24) is 10.6 Å². The lowest BCUT2D eigenvalue weighted by Crippen LogP contribution is -2.42. The molecule has 1 aromatic rings. The Bertz CT molecular complexity index is 571. The highest BCUT2D eigenvalue weighted by Crippen LogP contribution is 2.36. The van der Waals surface area contributed by atoms with Crippen LogP contribution < -0.4 is 20.1 Å². The van der Waals surface area contributed by atoms with Crippen LogP contribution in [0.15, 0.2) is 18.2 Å². The summed E-state index contributed by atoms with van der Waals surface area (Å²) < 4.78 is 10.6. The predicted octanol–water partition coefficient (Wildman–Crippen LogP) is 1.47. The van der Waals surface area contributed by atoms with Crippen LogP contribution in [0.4, 0.5) is 4.79 Å². The van der Waals surface area contributed by atoms with Crippen molar-refractivity contribution >= 4 is 12.0 Å². The number of carbonyl (C=O) groups excluding carboxylic acids is 1. The number of nitrogens with one attached hydrogen (secondary N) is 2. The topological polar surface area (TPSA) is 96.9 Å². The van der Waals surface area contributed by atoms with Gasteiger partial charge in [-0.15, -0.1) is 0 Å². The standard InChI is InChI=1S/C15H20N2O5/c1-15(2,8-17-14(20)16-6-5-13(18)19)10-3-4-11-12(7-10)22-9-21-11/h3-4,7H,5-6,8-9H2,1-2H3,(H,18,19)(H2,16,17,20). The van der Waals surface area contributed by atoms with E-state index in [0.717, 1.165) is 11.3 Å². The second-order valence-electron chi connectivity index (χ2n) is 5.71. The van der Waals surface area contributed by atoms with E-state index >= 15 is 0 Å². The maximum atomic E-state index is 11.6. The number of carboxylic acid groups (broad SMARTS) is 1. The van der Waals surface area contributed by atoms with Crippen LogP contribution in [-0.4, -0.2) is 37.0 Å². The average molecular weight is 308 g/mol. The van der Waals surface area contributed by atoms with Gasteiger partial charge in [0.05, 0.1) is 6.42 Å². The molecule has 1 aliphatic heterocycles. The van der Waals surface area contributed by atoms with E-state index in [0.29, 0.717) is 12.3 Å². The van der Waals surface area contributed by atoms with Gasteiger partial charge in [0.15, 0.2) is 11.5 Å². The molecule has 120 valence electrons. The van der Waals surface area contributed by atoms with Crippen molar-refractivity contribution in [3.8, 4) is 11.5 Å². The zero-order chi connectivity index (χ0) is 16.2. The molecule has 7 heteroatoms. The largest absolute Gasteiger partial charge is 0.481 e. The monoisotopic (exact) mass is 308 g/mol. The quantitative estimate of drug-likeness (QED) is 0.739. The minimum Gasteiger partial charge on any atom is -0.481 e. The molecule has 0 unspecified atom stereocenters. The van der Waals surface area contributed by atoms with Crippen LogP contribution in [0, 0.1) is 0 Å². The van der Waals surface area contributed by atoms with Crippen LogP contribution >= 0.6 is 0 Å². The lowest BCUT2D eigenvalue weighted by molar-refractivity contribution is -0.136. The molecule has 0 radical (unpaired) electrons. The van der Waals surface area contributed by atoms with Crippen molar-refractivity contribution in [3.63, 3.8) is 0 Å². The summed E-state index contributed by atoms with van der Waals surface area (Å²) in [6.07, 6.45) is -0.0982. The van der Waals surface area contributed by atoms with Crippen LogP contribution in [0.3, 0.4) is 0 Å². The number of aliphatic carboxylic acids is 1. The number of rotatable bonds is 6. The second-order valence-corrected chi connectivity index (χ2v) is 5.71. The molecule has 2 rings (SSSR count). The van der Waals surface area contributed by atoms with Gasteiger partial charge in [-0.1, -0.05) is 19.9 Å². The maximum Gasteiger partial charge on any atom is 0.314 e. The minimum absolute atomic E-state index is 0.0982. The van der Waals surface area contributed by atoms with Crippen molar-refractivity contribution in [2.75, 3.05) is 19.9 Å². The van der Waals surface area contributed by atoms with Crippen LogP contribution in [-0.2, 0) is 10.2 Å². The zero-order valence-electron chi connectivity index (χ0n) is 12.6. The lowest BCUT2D eigenvalue weighted by Gasteiger charge is -2.26. The third-order valence-electron chi connectivity index (χ3n) is 3.47. The van der Waals surface area contributed by atoms with E-state index in [2.05, 4.69) is 10.6 Å². The molecule has 7 nitrogen and oxygen atoms in total. The molecular weight excluding hydrogens is 288 g/mol. The van der Waals surface area contributed by atoms with Crippen molar-refractivity contribution < 1.29 is 24.2 Å². The normalized spacial score (nSPS) is 12.8.